The van der Waals surface area contributed by atoms with Crippen LogP contribution >= 0.6 is 0 Å². The maximum Gasteiger partial charge on any atom is 0.319 e. The molecule has 11 rings (SSSR count). The molecule has 3 N–H and O–H groups in total. The Bertz CT molecular complexity index is 2750. The van der Waals surface area contributed by atoms with Crippen molar-refractivity contribution in [1.29, 1.82) is 0 Å². The summed E-state index contributed by atoms with van der Waals surface area (Å²) in [6.45, 7) is 11.3. The molecule has 3 aromatic carbocycles. The number of pyridine rings is 1. The quantitative estimate of drug-likeness (QED) is 0.0909. The number of carbonyl (C=O) groups excluding carboxylic acids is 3. The summed E-state index contributed by atoms with van der Waals surface area (Å²) >= 11 is 0. The number of amides is 3. The summed E-state index contributed by atoms with van der Waals surface area (Å²) < 4.78 is 23.6. The number of phenolic OH excluding ortho intramolecular Hbond substituents is 1. The highest BCUT2D eigenvalue weighted by atomic mass is 19.1. The van der Waals surface area contributed by atoms with Crippen molar-refractivity contribution in [3.8, 4) is 23.0 Å². The van der Waals surface area contributed by atoms with Crippen LogP contribution in [0.3, 0.4) is 0 Å². The van der Waals surface area contributed by atoms with Gasteiger partial charge < -0.3 is 29.9 Å². The fourth-order valence-corrected chi connectivity index (χ4v) is 11.8. The number of imide groups is 1. The molecule has 68 heavy (non-hydrogen) atoms. The maximum atomic E-state index is 17.1. The minimum atomic E-state index is -0.606. The lowest BCUT2D eigenvalue weighted by molar-refractivity contribution is -0.136. The summed E-state index contributed by atoms with van der Waals surface area (Å²) in [4.78, 5) is 63.2. The third-order valence-corrected chi connectivity index (χ3v) is 15.4. The second kappa shape index (κ2) is 18.8. The van der Waals surface area contributed by atoms with E-state index < -0.39 is 11.9 Å². The Morgan fingerprint density at radius 3 is 2.50 bits per heavy atom. The summed E-state index contributed by atoms with van der Waals surface area (Å²) in [6, 6.07) is 15.8. The number of nitrogens with zero attached hydrogens (tertiary/aromatic N) is 8. The van der Waals surface area contributed by atoms with Crippen LogP contribution < -0.4 is 25.2 Å². The lowest BCUT2D eigenvalue weighted by Crippen LogP contribution is -2.52. The SMILES string of the molecule is CCc1cccc2cc(O)cc(-c3ncc4c(N5CC6CCC(C5)N6)nc(OC[C@@H]5CCCN5CCCCCN5CCN(c6ccc7c(c6)CN([C@H]6CCC(=O)NC6=O)C7=O)CC5)nc4c3F)c12. The van der Waals surface area contributed by atoms with Crippen molar-refractivity contribution in [2.45, 2.75) is 102 Å². The number of hydrogen-bond acceptors (Lipinski definition) is 13. The predicted octanol–water partition coefficient (Wildman–Crippen LogP) is 5.79. The van der Waals surface area contributed by atoms with Crippen molar-refractivity contribution in [3.05, 3.63) is 77.2 Å². The van der Waals surface area contributed by atoms with Gasteiger partial charge in [0.15, 0.2) is 5.82 Å². The number of hydrogen-bond donors (Lipinski definition) is 3. The molecule has 15 nitrogen and oxygen atoms in total. The summed E-state index contributed by atoms with van der Waals surface area (Å²) in [5.41, 5.74) is 4.61. The topological polar surface area (TPSA) is 160 Å². The Balaban J connectivity index is 0.700. The van der Waals surface area contributed by atoms with Gasteiger partial charge >= 0.3 is 6.01 Å². The number of aromatic nitrogens is 3. The number of phenols is 1. The van der Waals surface area contributed by atoms with Crippen LogP contribution in [0.2, 0.25) is 0 Å². The van der Waals surface area contributed by atoms with Crippen LogP contribution in [0, 0.1) is 5.82 Å². The Kier molecular flexibility index (Phi) is 12.3. The van der Waals surface area contributed by atoms with Crippen molar-refractivity contribution in [2.24, 2.45) is 0 Å². The minimum Gasteiger partial charge on any atom is -0.508 e. The number of likely N-dealkylation sites (tertiary alicyclic amines) is 1. The zero-order valence-electron chi connectivity index (χ0n) is 38.9. The molecule has 3 amide bonds. The van der Waals surface area contributed by atoms with Crippen LogP contribution in [0.15, 0.2) is 54.7 Å². The van der Waals surface area contributed by atoms with Crippen molar-refractivity contribution >= 4 is 50.9 Å². The molecule has 5 saturated heterocycles. The second-order valence-corrected chi connectivity index (χ2v) is 19.7. The standard InChI is InChI=1S/C52H61FN10O5/c1-2-32-8-6-9-33-25-39(64)26-41(45(32)33)47-46(53)48-42(27-54-47)49(62-29-35-11-12-36(30-62)55-35)58-52(57-48)68-31-38-10-7-19-60(38)18-5-3-4-17-59-20-22-61(23-21-59)37-13-14-40-34(24-37)28-63(51(40)67)43-15-16-44(65)56-50(43)66/h6,8-9,13-14,24-27,35-36,38,43,55,64H,2-5,7,10-12,15-23,28-31H2,1H3,(H,56,65,66)/t35?,36?,38-,43-/m0/s1. The van der Waals surface area contributed by atoms with Gasteiger partial charge in [-0.05, 0) is 123 Å². The number of benzene rings is 3. The average molecular weight is 925 g/mol. The molecule has 5 fully saturated rings. The number of anilines is 2. The summed E-state index contributed by atoms with van der Waals surface area (Å²) in [7, 11) is 0. The van der Waals surface area contributed by atoms with E-state index in [1.54, 1.807) is 23.2 Å². The highest BCUT2D eigenvalue weighted by Crippen LogP contribution is 2.39. The van der Waals surface area contributed by atoms with Gasteiger partial charge in [-0.25, -0.2) is 4.39 Å². The van der Waals surface area contributed by atoms with Gasteiger partial charge in [-0.1, -0.05) is 31.5 Å². The molecule has 8 heterocycles. The van der Waals surface area contributed by atoms with E-state index in [-0.39, 0.29) is 53.2 Å². The highest BCUT2D eigenvalue weighted by molar-refractivity contribution is 6.06. The van der Waals surface area contributed by atoms with Gasteiger partial charge in [-0.15, -0.1) is 0 Å². The fourth-order valence-electron chi connectivity index (χ4n) is 11.8. The number of carbonyl (C=O) groups is 3. The van der Waals surface area contributed by atoms with E-state index in [1.165, 1.54) is 0 Å². The third kappa shape index (κ3) is 8.70. The Hall–Kier alpha value is -5.97. The number of aromatic hydroxyl groups is 1. The lowest BCUT2D eigenvalue weighted by atomic mass is 9.95. The molecule has 2 unspecified atom stereocenters. The first-order valence-electron chi connectivity index (χ1n) is 24.9. The average Bonchev–Trinajstić information content (AvgIpc) is 4.05. The molecule has 2 bridgehead atoms. The van der Waals surface area contributed by atoms with Gasteiger partial charge in [0.2, 0.25) is 11.8 Å². The predicted molar refractivity (Wildman–Crippen MR) is 259 cm³/mol. The van der Waals surface area contributed by atoms with Gasteiger partial charge in [-0.3, -0.25) is 34.5 Å². The second-order valence-electron chi connectivity index (χ2n) is 19.7. The van der Waals surface area contributed by atoms with Crippen LogP contribution in [-0.2, 0) is 22.6 Å². The number of rotatable bonds is 14. The number of nitrogens with one attached hydrogen (secondary N) is 2. The smallest absolute Gasteiger partial charge is 0.319 e. The summed E-state index contributed by atoms with van der Waals surface area (Å²) in [6.07, 6.45) is 10.8. The highest BCUT2D eigenvalue weighted by Gasteiger charge is 2.40. The Morgan fingerprint density at radius 2 is 1.69 bits per heavy atom. The van der Waals surface area contributed by atoms with E-state index >= 15 is 4.39 Å². The first-order valence-corrected chi connectivity index (χ1v) is 24.9. The van der Waals surface area contributed by atoms with E-state index in [0.717, 1.165) is 138 Å². The molecule has 5 aromatic rings. The van der Waals surface area contributed by atoms with Crippen LogP contribution in [0.1, 0.15) is 86.2 Å². The van der Waals surface area contributed by atoms with Gasteiger partial charge in [0, 0.05) is 93.4 Å². The third-order valence-electron chi connectivity index (χ3n) is 15.4. The number of aryl methyl sites for hydroxylation is 1. The van der Waals surface area contributed by atoms with Crippen LogP contribution in [0.25, 0.3) is 32.9 Å². The van der Waals surface area contributed by atoms with Gasteiger partial charge in [0.25, 0.3) is 5.91 Å². The first-order chi connectivity index (χ1) is 33.2. The molecule has 16 heteroatoms. The molecule has 6 aliphatic heterocycles. The number of ether oxygens (including phenoxy) is 1. The number of halogens is 1. The molecule has 0 spiro atoms. The van der Waals surface area contributed by atoms with E-state index in [1.807, 2.05) is 30.3 Å². The summed E-state index contributed by atoms with van der Waals surface area (Å²) in [5, 5.41) is 19.1. The molecule has 4 atom stereocenters. The zero-order valence-corrected chi connectivity index (χ0v) is 38.9. The van der Waals surface area contributed by atoms with Gasteiger partial charge in [0.1, 0.15) is 35.4 Å². The molecule has 0 radical (unpaired) electrons. The van der Waals surface area contributed by atoms with Gasteiger partial charge in [0.05, 0.1) is 5.39 Å². The first kappa shape index (κ1) is 44.5. The van der Waals surface area contributed by atoms with Crippen molar-refractivity contribution in [2.75, 3.05) is 75.3 Å². The van der Waals surface area contributed by atoms with Gasteiger partial charge in [-0.2, -0.15) is 9.97 Å². The van der Waals surface area contributed by atoms with E-state index in [0.29, 0.717) is 54.0 Å². The normalized spacial score (nSPS) is 23.3. The number of fused-ring (bicyclic) bond motifs is 5. The van der Waals surface area contributed by atoms with Crippen LogP contribution in [0.5, 0.6) is 11.8 Å². The van der Waals surface area contributed by atoms with Crippen LogP contribution in [0.4, 0.5) is 15.9 Å². The molecule has 0 saturated carbocycles. The largest absolute Gasteiger partial charge is 0.508 e. The minimum absolute atomic E-state index is 0.0551. The summed E-state index contributed by atoms with van der Waals surface area (Å²) in [5.74, 6) is -0.642. The molecule has 2 aromatic heterocycles. The number of piperazine rings is 2. The Labute approximate surface area is 396 Å². The van der Waals surface area contributed by atoms with Crippen LogP contribution in [-0.4, -0.2) is 142 Å². The van der Waals surface area contributed by atoms with E-state index in [2.05, 4.69) is 43.2 Å². The Morgan fingerprint density at radius 1 is 0.868 bits per heavy atom. The molecule has 356 valence electrons. The lowest BCUT2D eigenvalue weighted by Gasteiger charge is -2.36. The molecule has 6 aliphatic rings. The zero-order chi connectivity index (χ0) is 46.5. The fraction of sp³-hybridized carbons (Fsp3) is 0.500. The monoisotopic (exact) mass is 924 g/mol. The maximum absolute atomic E-state index is 17.1. The molecular weight excluding hydrogens is 864 g/mol. The molecular formula is C52H61FN10O5. The van der Waals surface area contributed by atoms with E-state index in [4.69, 9.17) is 19.7 Å². The van der Waals surface area contributed by atoms with E-state index in [9.17, 15) is 19.5 Å². The number of unbranched alkanes of at least 4 members (excludes halogenated alkanes) is 2. The number of piperidine rings is 1. The molecule has 0 aliphatic carbocycles. The van der Waals surface area contributed by atoms with Crippen molar-refractivity contribution < 1.29 is 28.6 Å². The van der Waals surface area contributed by atoms with Crippen molar-refractivity contribution in [1.82, 2.24) is 40.3 Å². The van der Waals surface area contributed by atoms with Crippen molar-refractivity contribution in [3.63, 3.8) is 0 Å².